The molecule has 5 atom stereocenters. The molecule has 0 fully saturated rings. The number of allylic oxidation sites excluding steroid dienone is 28. The number of esters is 4. The largest absolute Gasteiger partial charge is 0.472 e. The van der Waals surface area contributed by atoms with Gasteiger partial charge in [0.25, 0.3) is 0 Å². The lowest BCUT2D eigenvalue weighted by Crippen LogP contribution is -2.30. The van der Waals surface area contributed by atoms with E-state index in [-0.39, 0.29) is 25.7 Å². The van der Waals surface area contributed by atoms with Crippen LogP contribution in [0.5, 0.6) is 0 Å². The number of ether oxygens (including phenoxy) is 4. The van der Waals surface area contributed by atoms with Gasteiger partial charge in [-0.3, -0.25) is 37.3 Å². The van der Waals surface area contributed by atoms with Gasteiger partial charge in [0.05, 0.1) is 26.4 Å². The van der Waals surface area contributed by atoms with Gasteiger partial charge in [-0.15, -0.1) is 0 Å². The number of phosphoric ester groups is 2. The van der Waals surface area contributed by atoms with Crippen LogP contribution < -0.4 is 0 Å². The van der Waals surface area contributed by atoms with Crippen LogP contribution in [0.4, 0.5) is 0 Å². The Bertz CT molecular complexity index is 2710. The second-order valence-electron chi connectivity index (χ2n) is 26.9. The number of carbonyl (C=O) groups is 4. The Morgan fingerprint density at radius 2 is 0.491 bits per heavy atom. The highest BCUT2D eigenvalue weighted by Gasteiger charge is 2.30. The highest BCUT2D eigenvalue weighted by atomic mass is 31.2. The van der Waals surface area contributed by atoms with Crippen molar-refractivity contribution in [2.45, 2.75) is 329 Å². The molecular formula is C89H146O17P2. The van der Waals surface area contributed by atoms with Gasteiger partial charge in [0.2, 0.25) is 0 Å². The number of carbonyl (C=O) groups excluding carboxylic acids is 4. The third kappa shape index (κ3) is 78.5. The van der Waals surface area contributed by atoms with Gasteiger partial charge in [-0.1, -0.05) is 288 Å². The van der Waals surface area contributed by atoms with E-state index in [4.69, 9.17) is 37.0 Å². The first-order chi connectivity index (χ1) is 52.7. The maximum Gasteiger partial charge on any atom is 0.472 e. The van der Waals surface area contributed by atoms with Crippen LogP contribution in [0.1, 0.15) is 310 Å². The van der Waals surface area contributed by atoms with Gasteiger partial charge in [-0.25, -0.2) is 9.13 Å². The number of aliphatic hydroxyl groups excluding tert-OH is 1. The number of phosphoric acid groups is 2. The van der Waals surface area contributed by atoms with Crippen molar-refractivity contribution in [2.75, 3.05) is 39.6 Å². The Balaban J connectivity index is 5.46. The molecule has 0 aromatic rings. The lowest BCUT2D eigenvalue weighted by atomic mass is 10.1. The van der Waals surface area contributed by atoms with Gasteiger partial charge in [0, 0.05) is 25.7 Å². The van der Waals surface area contributed by atoms with Crippen LogP contribution in [0.25, 0.3) is 0 Å². The van der Waals surface area contributed by atoms with E-state index in [1.807, 2.05) is 12.2 Å². The predicted molar refractivity (Wildman–Crippen MR) is 445 cm³/mol. The zero-order valence-electron chi connectivity index (χ0n) is 67.2. The molecule has 0 aliphatic carbocycles. The molecule has 19 heteroatoms. The number of hydrogen-bond donors (Lipinski definition) is 3. The van der Waals surface area contributed by atoms with Crippen LogP contribution in [0.2, 0.25) is 0 Å². The normalized spacial score (nSPS) is 14.7. The monoisotopic (exact) mass is 1550 g/mol. The molecule has 0 spiro atoms. The molecule has 0 aromatic heterocycles. The number of aliphatic hydroxyl groups is 1. The van der Waals surface area contributed by atoms with Crippen molar-refractivity contribution in [1.82, 2.24) is 0 Å². The first-order valence-corrected chi connectivity index (χ1v) is 44.4. The molecular weight excluding hydrogens is 1400 g/mol. The first kappa shape index (κ1) is 102. The van der Waals surface area contributed by atoms with E-state index in [0.29, 0.717) is 32.1 Å². The molecule has 3 N–H and O–H groups in total. The van der Waals surface area contributed by atoms with Crippen molar-refractivity contribution in [3.8, 4) is 0 Å². The summed E-state index contributed by atoms with van der Waals surface area (Å²) < 4.78 is 68.7. The second kappa shape index (κ2) is 79.5. The lowest BCUT2D eigenvalue weighted by molar-refractivity contribution is -0.161. The molecule has 0 amide bonds. The Hall–Kier alpha value is -5.58. The maximum atomic E-state index is 13.1. The molecule has 0 saturated carbocycles. The Labute approximate surface area is 654 Å². The fraction of sp³-hybridized carbons (Fsp3) is 0.640. The molecule has 108 heavy (non-hydrogen) atoms. The first-order valence-electron chi connectivity index (χ1n) is 41.4. The van der Waals surface area contributed by atoms with Crippen LogP contribution in [-0.4, -0.2) is 96.7 Å². The maximum absolute atomic E-state index is 13.1. The summed E-state index contributed by atoms with van der Waals surface area (Å²) >= 11 is 0. The molecule has 17 nitrogen and oxygen atoms in total. The average Bonchev–Trinajstić information content (AvgIpc) is 0.906. The van der Waals surface area contributed by atoms with E-state index < -0.39 is 97.5 Å². The van der Waals surface area contributed by atoms with Crippen molar-refractivity contribution >= 4 is 39.5 Å². The Morgan fingerprint density at radius 1 is 0.269 bits per heavy atom. The highest BCUT2D eigenvalue weighted by Crippen LogP contribution is 2.45. The molecule has 0 saturated heterocycles. The zero-order valence-corrected chi connectivity index (χ0v) is 69.0. The fourth-order valence-electron chi connectivity index (χ4n) is 10.5. The van der Waals surface area contributed by atoms with Gasteiger partial charge >= 0.3 is 39.5 Å². The van der Waals surface area contributed by atoms with Crippen LogP contribution in [0.3, 0.4) is 0 Å². The molecule has 614 valence electrons. The third-order valence-electron chi connectivity index (χ3n) is 16.7. The van der Waals surface area contributed by atoms with Crippen molar-refractivity contribution in [2.24, 2.45) is 0 Å². The highest BCUT2D eigenvalue weighted by molar-refractivity contribution is 7.47. The number of hydrogen-bond acceptors (Lipinski definition) is 15. The zero-order chi connectivity index (χ0) is 78.9. The van der Waals surface area contributed by atoms with E-state index in [9.17, 15) is 43.2 Å². The van der Waals surface area contributed by atoms with E-state index in [1.165, 1.54) is 19.3 Å². The van der Waals surface area contributed by atoms with Gasteiger partial charge in [-0.05, 0) is 167 Å². The molecule has 0 bridgehead atoms. The van der Waals surface area contributed by atoms with E-state index in [1.54, 1.807) is 0 Å². The van der Waals surface area contributed by atoms with Crippen LogP contribution in [-0.2, 0) is 65.4 Å². The molecule has 0 radical (unpaired) electrons. The Kier molecular flexibility index (Phi) is 75.4. The van der Waals surface area contributed by atoms with E-state index >= 15 is 0 Å². The van der Waals surface area contributed by atoms with Crippen LogP contribution in [0, 0.1) is 0 Å². The fourth-order valence-corrected chi connectivity index (χ4v) is 12.0. The van der Waals surface area contributed by atoms with Crippen molar-refractivity contribution in [3.63, 3.8) is 0 Å². The summed E-state index contributed by atoms with van der Waals surface area (Å²) in [6.45, 7) is 4.41. The Morgan fingerprint density at radius 3 is 0.778 bits per heavy atom. The summed E-state index contributed by atoms with van der Waals surface area (Å²) in [5.41, 5.74) is 0. The predicted octanol–water partition coefficient (Wildman–Crippen LogP) is 24.6. The number of unbranched alkanes of at least 4 members (excludes halogenated alkanes) is 22. The molecule has 0 aliphatic rings. The van der Waals surface area contributed by atoms with Crippen LogP contribution in [0.15, 0.2) is 170 Å². The molecule has 0 aromatic carbocycles. The summed E-state index contributed by atoms with van der Waals surface area (Å²) in [7, 11) is -10.0. The lowest BCUT2D eigenvalue weighted by Gasteiger charge is -2.21. The van der Waals surface area contributed by atoms with Crippen molar-refractivity contribution < 1.29 is 80.2 Å². The average molecular weight is 1550 g/mol. The van der Waals surface area contributed by atoms with Crippen molar-refractivity contribution in [3.05, 3.63) is 170 Å². The SMILES string of the molecule is CC/C=C\C/C=C\C/C=C\C/C=C\C/C=C\CCCC(=O)OCC(COP(=O)(O)OCC(O)COP(=O)(O)OCC(COC(=O)CCCCCCCC/C=C\C/C=C\C/C=C\C/C=C\CC)OC(=O)CCCCCCCCC/C=C\C/C=C\C/C=C\CC)OC(=O)CCCCCCC/C=C\C/C=C\CCCCC. The van der Waals surface area contributed by atoms with E-state index in [2.05, 4.69) is 186 Å². The summed E-state index contributed by atoms with van der Waals surface area (Å²) in [6, 6.07) is 0. The number of rotatable bonds is 76. The van der Waals surface area contributed by atoms with Gasteiger partial charge in [0.15, 0.2) is 12.2 Å². The smallest absolute Gasteiger partial charge is 0.462 e. The third-order valence-corrected chi connectivity index (χ3v) is 18.6. The molecule has 5 unspecified atom stereocenters. The summed E-state index contributed by atoms with van der Waals surface area (Å²) in [6.07, 6.45) is 94.7. The van der Waals surface area contributed by atoms with Gasteiger partial charge in [0.1, 0.15) is 19.3 Å². The second-order valence-corrected chi connectivity index (χ2v) is 29.8. The topological polar surface area (TPSA) is 237 Å². The minimum Gasteiger partial charge on any atom is -0.462 e. The van der Waals surface area contributed by atoms with Crippen LogP contribution >= 0.6 is 15.6 Å². The molecule has 0 heterocycles. The molecule has 0 rings (SSSR count). The quantitative estimate of drug-likeness (QED) is 0.0169. The summed E-state index contributed by atoms with van der Waals surface area (Å²) in [5.74, 6) is -2.29. The van der Waals surface area contributed by atoms with Gasteiger partial charge < -0.3 is 33.8 Å². The van der Waals surface area contributed by atoms with E-state index in [0.717, 1.165) is 205 Å². The molecule has 0 aliphatic heterocycles. The summed E-state index contributed by atoms with van der Waals surface area (Å²) in [5, 5.41) is 10.7. The van der Waals surface area contributed by atoms with Crippen molar-refractivity contribution in [1.29, 1.82) is 0 Å². The minimum absolute atomic E-state index is 0.0612. The standard InChI is InChI=1S/C89H146O17P2/c1-5-9-13-17-21-25-29-33-37-40-41-44-47-50-54-58-62-66-70-74-87(92)100-80-85(106-89(94)76-72-68-64-60-56-52-48-43-39-35-31-27-23-19-15-11-7-3)82-104-108(97,98)102-78-83(90)77-101-107(95,96)103-81-84(105-88(93)75-71-67-63-59-55-51-45-36-32-28-24-20-16-12-8-4)79-99-86(91)73-69-65-61-57-53-49-46-42-38-34-30-26-22-18-14-10-6-2/h9-11,13-15,21-28,33-39,41,44-46,49,57,61,83-85,90H,5-8,12,16-20,29-32,40,42-43,47-48,50-56,58-60,62-82H2,1-4H3,(H,95,96)(H,97,98)/b13-9-,14-10-,15-11-,25-21-,26-22-,27-23-,28-24-,37-33-,38-34-,39-35-,44-41-,45-36-,49-46-,61-57-. The van der Waals surface area contributed by atoms with Gasteiger partial charge in [-0.2, -0.15) is 0 Å². The summed E-state index contributed by atoms with van der Waals surface area (Å²) in [4.78, 5) is 73.2. The minimum atomic E-state index is -5.00.